The molecule has 0 radical (unpaired) electrons. The topological polar surface area (TPSA) is 81.4 Å². The van der Waals surface area contributed by atoms with Crippen LogP contribution in [-0.2, 0) is 16.4 Å². The third-order valence-electron chi connectivity index (χ3n) is 3.86. The number of fused-ring (bicyclic) bond motifs is 1. The zero-order chi connectivity index (χ0) is 17.3. The molecule has 24 heavy (non-hydrogen) atoms. The van der Waals surface area contributed by atoms with E-state index in [0.717, 1.165) is 17.5 Å². The van der Waals surface area contributed by atoms with Crippen molar-refractivity contribution in [3.05, 3.63) is 47.5 Å². The minimum absolute atomic E-state index is 0.0779. The van der Waals surface area contributed by atoms with Crippen molar-refractivity contribution in [3.63, 3.8) is 0 Å². The lowest BCUT2D eigenvalue weighted by Gasteiger charge is -2.11. The van der Waals surface area contributed by atoms with Crippen molar-refractivity contribution in [1.29, 1.82) is 0 Å². The van der Waals surface area contributed by atoms with Crippen LogP contribution in [0, 0.1) is 6.92 Å². The molecule has 0 aliphatic rings. The molecule has 1 heterocycles. The third kappa shape index (κ3) is 2.82. The highest BCUT2D eigenvalue weighted by molar-refractivity contribution is 7.92. The monoisotopic (exact) mass is 346 g/mol. The van der Waals surface area contributed by atoms with Crippen LogP contribution in [0.2, 0.25) is 0 Å². The second kappa shape index (κ2) is 6.16. The van der Waals surface area contributed by atoms with Gasteiger partial charge in [0.2, 0.25) is 0 Å². The molecule has 0 unspecified atom stereocenters. The van der Waals surface area contributed by atoms with Gasteiger partial charge < -0.3 is 9.26 Å². The molecule has 1 aromatic heterocycles. The lowest BCUT2D eigenvalue weighted by Crippen LogP contribution is -2.15. The maximum absolute atomic E-state index is 12.8. The van der Waals surface area contributed by atoms with Crippen molar-refractivity contribution in [3.8, 4) is 5.75 Å². The summed E-state index contributed by atoms with van der Waals surface area (Å²) < 4.78 is 38.6. The highest BCUT2D eigenvalue weighted by Gasteiger charge is 2.23. The Bertz CT molecular complexity index is 993. The maximum atomic E-state index is 12.8. The minimum Gasteiger partial charge on any atom is -0.495 e. The first-order valence-corrected chi connectivity index (χ1v) is 8.99. The predicted molar refractivity (Wildman–Crippen MR) is 91.9 cm³/mol. The fraction of sp³-hybridized carbons (Fsp3) is 0.235. The van der Waals surface area contributed by atoms with Gasteiger partial charge in [-0.05, 0) is 42.7 Å². The number of aromatic nitrogens is 1. The summed E-state index contributed by atoms with van der Waals surface area (Å²) in [6.07, 6.45) is 0.721. The van der Waals surface area contributed by atoms with Gasteiger partial charge in [-0.25, -0.2) is 8.42 Å². The van der Waals surface area contributed by atoms with Gasteiger partial charge in [-0.15, -0.1) is 0 Å². The van der Waals surface area contributed by atoms with Gasteiger partial charge >= 0.3 is 0 Å². The number of sulfonamides is 1. The summed E-state index contributed by atoms with van der Waals surface area (Å²) in [6, 6.07) is 10.5. The largest absolute Gasteiger partial charge is 0.495 e. The van der Waals surface area contributed by atoms with Gasteiger partial charge in [0, 0.05) is 0 Å². The Kier molecular flexibility index (Phi) is 4.19. The number of ether oxygens (including phenoxy) is 1. The van der Waals surface area contributed by atoms with E-state index in [0.29, 0.717) is 11.0 Å². The van der Waals surface area contributed by atoms with Crippen LogP contribution in [0.25, 0.3) is 11.0 Å². The van der Waals surface area contributed by atoms with E-state index in [1.807, 2.05) is 32.0 Å². The van der Waals surface area contributed by atoms with Crippen LogP contribution >= 0.6 is 0 Å². The molecule has 0 atom stereocenters. The summed E-state index contributed by atoms with van der Waals surface area (Å²) in [5, 5.41) is 4.50. The molecule has 3 aromatic rings. The molecule has 0 saturated carbocycles. The summed E-state index contributed by atoms with van der Waals surface area (Å²) in [6.45, 7) is 3.83. The zero-order valence-corrected chi connectivity index (χ0v) is 14.5. The van der Waals surface area contributed by atoms with Gasteiger partial charge in [-0.3, -0.25) is 4.72 Å². The number of anilines is 1. The van der Waals surface area contributed by atoms with Gasteiger partial charge in [0.05, 0.1) is 12.5 Å². The van der Waals surface area contributed by atoms with Crippen LogP contribution in [0.5, 0.6) is 5.75 Å². The Balaban J connectivity index is 2.08. The number of hydrogen-bond acceptors (Lipinski definition) is 5. The zero-order valence-electron chi connectivity index (χ0n) is 13.7. The van der Waals surface area contributed by atoms with Gasteiger partial charge in [0.1, 0.15) is 10.6 Å². The summed E-state index contributed by atoms with van der Waals surface area (Å²) in [7, 11) is -2.42. The molecule has 0 bridgehead atoms. The Labute approximate surface area is 140 Å². The quantitative estimate of drug-likeness (QED) is 0.764. The van der Waals surface area contributed by atoms with E-state index in [1.54, 1.807) is 18.2 Å². The van der Waals surface area contributed by atoms with Gasteiger partial charge in [0.15, 0.2) is 11.4 Å². The van der Waals surface area contributed by atoms with E-state index in [-0.39, 0.29) is 16.5 Å². The average Bonchev–Trinajstić information content (AvgIpc) is 2.98. The lowest BCUT2D eigenvalue weighted by atomic mass is 10.1. The van der Waals surface area contributed by atoms with E-state index in [1.165, 1.54) is 7.11 Å². The van der Waals surface area contributed by atoms with Crippen molar-refractivity contribution in [2.24, 2.45) is 0 Å². The molecule has 0 saturated heterocycles. The van der Waals surface area contributed by atoms with Crippen LogP contribution < -0.4 is 9.46 Å². The summed E-state index contributed by atoms with van der Waals surface area (Å²) >= 11 is 0. The standard InChI is InChI=1S/C17H18N2O4S/c1-4-12-8-9-13(22-3)15(10-12)24(20,21)19-17-16-11(2)6-5-7-14(16)23-18-17/h5-10H,4H2,1-3H3,(H,18,19). The molecular weight excluding hydrogens is 328 g/mol. The second-order valence-corrected chi connectivity index (χ2v) is 7.07. The molecule has 2 aromatic carbocycles. The molecule has 0 spiro atoms. The highest BCUT2D eigenvalue weighted by atomic mass is 32.2. The molecule has 0 amide bonds. The lowest BCUT2D eigenvalue weighted by molar-refractivity contribution is 0.402. The van der Waals surface area contributed by atoms with Crippen molar-refractivity contribution >= 4 is 26.8 Å². The highest BCUT2D eigenvalue weighted by Crippen LogP contribution is 2.31. The molecule has 7 heteroatoms. The van der Waals surface area contributed by atoms with E-state index in [9.17, 15) is 8.42 Å². The average molecular weight is 346 g/mol. The van der Waals surface area contributed by atoms with Crippen molar-refractivity contribution in [1.82, 2.24) is 5.16 Å². The Morgan fingerprint density at radius 3 is 2.75 bits per heavy atom. The van der Waals surface area contributed by atoms with Crippen LogP contribution in [0.1, 0.15) is 18.1 Å². The van der Waals surface area contributed by atoms with Crippen molar-refractivity contribution < 1.29 is 17.7 Å². The first kappa shape index (κ1) is 16.3. The fourth-order valence-electron chi connectivity index (χ4n) is 2.56. The SMILES string of the molecule is CCc1ccc(OC)c(S(=O)(=O)Nc2noc3cccc(C)c23)c1. The predicted octanol–water partition coefficient (Wildman–Crippen LogP) is 3.51. The Hall–Kier alpha value is -2.54. The smallest absolute Gasteiger partial charge is 0.266 e. The Morgan fingerprint density at radius 1 is 1.25 bits per heavy atom. The number of rotatable bonds is 5. The first-order valence-electron chi connectivity index (χ1n) is 7.51. The van der Waals surface area contributed by atoms with Crippen LogP contribution in [-0.4, -0.2) is 20.7 Å². The number of nitrogens with zero attached hydrogens (tertiary/aromatic N) is 1. The van der Waals surface area contributed by atoms with E-state index in [4.69, 9.17) is 9.26 Å². The van der Waals surface area contributed by atoms with Crippen molar-refractivity contribution in [2.75, 3.05) is 11.8 Å². The first-order chi connectivity index (χ1) is 11.5. The van der Waals surface area contributed by atoms with Crippen LogP contribution in [0.3, 0.4) is 0 Å². The number of nitrogens with one attached hydrogen (secondary N) is 1. The van der Waals surface area contributed by atoms with Gasteiger partial charge in [-0.2, -0.15) is 0 Å². The molecule has 0 fully saturated rings. The molecule has 0 aliphatic heterocycles. The number of benzene rings is 2. The van der Waals surface area contributed by atoms with Gasteiger partial charge in [-0.1, -0.05) is 30.3 Å². The Morgan fingerprint density at radius 2 is 2.04 bits per heavy atom. The molecule has 0 aliphatic carbocycles. The summed E-state index contributed by atoms with van der Waals surface area (Å²) in [5.74, 6) is 0.455. The van der Waals surface area contributed by atoms with E-state index >= 15 is 0 Å². The van der Waals surface area contributed by atoms with Gasteiger partial charge in [0.25, 0.3) is 10.0 Å². The van der Waals surface area contributed by atoms with E-state index < -0.39 is 10.0 Å². The fourth-order valence-corrected chi connectivity index (χ4v) is 3.79. The molecule has 126 valence electrons. The van der Waals surface area contributed by atoms with E-state index in [2.05, 4.69) is 9.88 Å². The molecule has 1 N–H and O–H groups in total. The van der Waals surface area contributed by atoms with Crippen LogP contribution in [0.15, 0.2) is 45.8 Å². The maximum Gasteiger partial charge on any atom is 0.266 e. The number of aryl methyl sites for hydroxylation is 2. The second-order valence-electron chi connectivity index (χ2n) is 5.42. The normalized spacial score (nSPS) is 11.6. The van der Waals surface area contributed by atoms with Crippen LogP contribution in [0.4, 0.5) is 5.82 Å². The number of methoxy groups -OCH3 is 1. The molecule has 6 nitrogen and oxygen atoms in total. The number of hydrogen-bond donors (Lipinski definition) is 1. The third-order valence-corrected chi connectivity index (χ3v) is 5.22. The van der Waals surface area contributed by atoms with Crippen molar-refractivity contribution in [2.45, 2.75) is 25.2 Å². The minimum atomic E-state index is -3.86. The molecule has 3 rings (SSSR count). The summed E-state index contributed by atoms with van der Waals surface area (Å²) in [4.78, 5) is 0.0779. The molecular formula is C17H18N2O4S. The summed E-state index contributed by atoms with van der Waals surface area (Å²) in [5.41, 5.74) is 2.31.